The Morgan fingerprint density at radius 3 is 3.00 bits per heavy atom. The molecule has 102 valence electrons. The summed E-state index contributed by atoms with van der Waals surface area (Å²) in [5.41, 5.74) is 3.09. The van der Waals surface area contributed by atoms with Crippen molar-refractivity contribution >= 4 is 5.78 Å². The lowest BCUT2D eigenvalue weighted by molar-refractivity contribution is 0.0901. The number of carbonyl (C=O) groups excluding carboxylic acids is 1. The van der Waals surface area contributed by atoms with E-state index in [1.54, 1.807) is 13.3 Å². The van der Waals surface area contributed by atoms with Gasteiger partial charge in [0, 0.05) is 23.9 Å². The number of methoxy groups -OCH3 is 1. The molecule has 1 unspecified atom stereocenters. The summed E-state index contributed by atoms with van der Waals surface area (Å²) in [4.78, 5) is 16.7. The van der Waals surface area contributed by atoms with Crippen molar-refractivity contribution in [1.29, 1.82) is 0 Å². The number of Topliss-reactive ketones (excluding diaryl/α,β-unsaturated/α-hetero) is 1. The zero-order valence-corrected chi connectivity index (χ0v) is 11.5. The third kappa shape index (κ3) is 2.44. The molecule has 3 nitrogen and oxygen atoms in total. The lowest BCUT2D eigenvalue weighted by Crippen LogP contribution is -2.24. The standard InChI is InChI=1S/C17H17NO2/c1-20-15-6-7-16-13(10-15)4-5-14(17(16)19)9-12-3-2-8-18-11-12/h2-3,6-8,10-11,14H,4-5,9H2,1H3. The van der Waals surface area contributed by atoms with Crippen molar-refractivity contribution in [3.63, 3.8) is 0 Å². The predicted molar refractivity (Wildman–Crippen MR) is 77.1 cm³/mol. The quantitative estimate of drug-likeness (QED) is 0.858. The fourth-order valence-corrected chi connectivity index (χ4v) is 2.82. The highest BCUT2D eigenvalue weighted by Crippen LogP contribution is 2.30. The van der Waals surface area contributed by atoms with Gasteiger partial charge in [-0.15, -0.1) is 0 Å². The summed E-state index contributed by atoms with van der Waals surface area (Å²) in [5, 5.41) is 0. The maximum Gasteiger partial charge on any atom is 0.166 e. The highest BCUT2D eigenvalue weighted by Gasteiger charge is 2.27. The fraction of sp³-hybridized carbons (Fsp3) is 0.294. The average Bonchev–Trinajstić information content (AvgIpc) is 2.51. The van der Waals surface area contributed by atoms with Gasteiger partial charge in [-0.05, 0) is 54.7 Å². The van der Waals surface area contributed by atoms with Crippen molar-refractivity contribution in [2.75, 3.05) is 7.11 Å². The van der Waals surface area contributed by atoms with E-state index in [-0.39, 0.29) is 11.7 Å². The summed E-state index contributed by atoms with van der Waals surface area (Å²) in [6, 6.07) is 9.69. The van der Waals surface area contributed by atoms with Crippen LogP contribution in [0.15, 0.2) is 42.7 Å². The molecule has 3 rings (SSSR count). The predicted octanol–water partition coefficient (Wildman–Crippen LogP) is 3.08. The van der Waals surface area contributed by atoms with E-state index >= 15 is 0 Å². The summed E-state index contributed by atoms with van der Waals surface area (Å²) < 4.78 is 5.22. The molecule has 1 aromatic carbocycles. The Hall–Kier alpha value is -2.16. The number of aryl methyl sites for hydroxylation is 1. The molecular weight excluding hydrogens is 250 g/mol. The van der Waals surface area contributed by atoms with E-state index in [0.717, 1.165) is 41.7 Å². The molecule has 0 radical (unpaired) electrons. The van der Waals surface area contributed by atoms with Crippen molar-refractivity contribution in [3.8, 4) is 5.75 Å². The van der Waals surface area contributed by atoms with Gasteiger partial charge in [0.25, 0.3) is 0 Å². The molecule has 0 N–H and O–H groups in total. The van der Waals surface area contributed by atoms with E-state index in [0.29, 0.717) is 0 Å². The van der Waals surface area contributed by atoms with Crippen LogP contribution in [0.1, 0.15) is 27.9 Å². The third-order valence-corrected chi connectivity index (χ3v) is 3.92. The van der Waals surface area contributed by atoms with Crippen molar-refractivity contribution in [2.24, 2.45) is 5.92 Å². The molecule has 1 aliphatic carbocycles. The van der Waals surface area contributed by atoms with Gasteiger partial charge in [0.1, 0.15) is 5.75 Å². The Morgan fingerprint density at radius 1 is 1.35 bits per heavy atom. The first kappa shape index (κ1) is 12.9. The van der Waals surface area contributed by atoms with E-state index in [1.165, 1.54) is 0 Å². The number of hydrogen-bond donors (Lipinski definition) is 0. The molecule has 20 heavy (non-hydrogen) atoms. The van der Waals surface area contributed by atoms with Gasteiger partial charge in [0.2, 0.25) is 0 Å². The first-order chi connectivity index (χ1) is 9.78. The van der Waals surface area contributed by atoms with Gasteiger partial charge in [-0.25, -0.2) is 0 Å². The van der Waals surface area contributed by atoms with Crippen molar-refractivity contribution in [2.45, 2.75) is 19.3 Å². The van der Waals surface area contributed by atoms with Crippen molar-refractivity contribution in [3.05, 3.63) is 59.4 Å². The Kier molecular flexibility index (Phi) is 3.50. The van der Waals surface area contributed by atoms with Gasteiger partial charge in [0.05, 0.1) is 7.11 Å². The minimum Gasteiger partial charge on any atom is -0.497 e. The molecule has 0 aliphatic heterocycles. The van der Waals surface area contributed by atoms with Crippen molar-refractivity contribution < 1.29 is 9.53 Å². The van der Waals surface area contributed by atoms with Crippen LogP contribution in [-0.4, -0.2) is 17.9 Å². The smallest absolute Gasteiger partial charge is 0.166 e. The summed E-state index contributed by atoms with van der Waals surface area (Å²) in [6.07, 6.45) is 6.21. The van der Waals surface area contributed by atoms with Gasteiger partial charge >= 0.3 is 0 Å². The second kappa shape index (κ2) is 5.45. The normalized spacial score (nSPS) is 17.6. The number of hydrogen-bond acceptors (Lipinski definition) is 3. The molecule has 1 aromatic heterocycles. The topological polar surface area (TPSA) is 39.2 Å². The number of ether oxygens (including phenoxy) is 1. The summed E-state index contributed by atoms with van der Waals surface area (Å²) in [7, 11) is 1.65. The zero-order chi connectivity index (χ0) is 13.9. The van der Waals surface area contributed by atoms with E-state index in [2.05, 4.69) is 4.98 Å². The maximum atomic E-state index is 12.6. The number of nitrogens with zero attached hydrogens (tertiary/aromatic N) is 1. The minimum absolute atomic E-state index is 0.0695. The molecule has 0 saturated heterocycles. The highest BCUT2D eigenvalue weighted by atomic mass is 16.5. The monoisotopic (exact) mass is 267 g/mol. The number of benzene rings is 1. The number of aromatic nitrogens is 1. The molecule has 1 aliphatic rings. The van der Waals surface area contributed by atoms with Gasteiger partial charge < -0.3 is 4.74 Å². The van der Waals surface area contributed by atoms with Crippen LogP contribution in [-0.2, 0) is 12.8 Å². The molecular formula is C17H17NO2. The maximum absolute atomic E-state index is 12.6. The molecule has 0 bridgehead atoms. The van der Waals surface area contributed by atoms with Crippen LogP contribution in [0.5, 0.6) is 5.75 Å². The van der Waals surface area contributed by atoms with Gasteiger partial charge in [-0.2, -0.15) is 0 Å². The molecule has 0 amide bonds. The van der Waals surface area contributed by atoms with E-state index in [4.69, 9.17) is 4.74 Å². The summed E-state index contributed by atoms with van der Waals surface area (Å²) in [6.45, 7) is 0. The Bertz CT molecular complexity index is 622. The Balaban J connectivity index is 1.82. The summed E-state index contributed by atoms with van der Waals surface area (Å²) in [5.74, 6) is 1.14. The van der Waals surface area contributed by atoms with Crippen LogP contribution in [0, 0.1) is 5.92 Å². The lowest BCUT2D eigenvalue weighted by atomic mass is 9.80. The van der Waals surface area contributed by atoms with Crippen molar-refractivity contribution in [1.82, 2.24) is 4.98 Å². The van der Waals surface area contributed by atoms with E-state index in [1.807, 2.05) is 36.5 Å². The van der Waals surface area contributed by atoms with Crippen LogP contribution in [0.4, 0.5) is 0 Å². The SMILES string of the molecule is COc1ccc2c(c1)CCC(Cc1cccnc1)C2=O. The number of fused-ring (bicyclic) bond motifs is 1. The van der Waals surface area contributed by atoms with E-state index < -0.39 is 0 Å². The summed E-state index contributed by atoms with van der Waals surface area (Å²) >= 11 is 0. The van der Waals surface area contributed by atoms with Crippen LogP contribution in [0.25, 0.3) is 0 Å². The molecule has 0 spiro atoms. The van der Waals surface area contributed by atoms with Gasteiger partial charge in [-0.3, -0.25) is 9.78 Å². The second-order valence-corrected chi connectivity index (χ2v) is 5.19. The van der Waals surface area contributed by atoms with Gasteiger partial charge in [-0.1, -0.05) is 6.07 Å². The van der Waals surface area contributed by atoms with E-state index in [9.17, 15) is 4.79 Å². The van der Waals surface area contributed by atoms with Gasteiger partial charge in [0.15, 0.2) is 5.78 Å². The number of carbonyl (C=O) groups is 1. The van der Waals surface area contributed by atoms with Crippen LogP contribution in [0.2, 0.25) is 0 Å². The van der Waals surface area contributed by atoms with Crippen LogP contribution < -0.4 is 4.74 Å². The molecule has 0 saturated carbocycles. The number of rotatable bonds is 3. The highest BCUT2D eigenvalue weighted by molar-refractivity contribution is 6.00. The average molecular weight is 267 g/mol. The molecule has 2 aromatic rings. The largest absolute Gasteiger partial charge is 0.497 e. The third-order valence-electron chi connectivity index (χ3n) is 3.92. The second-order valence-electron chi connectivity index (χ2n) is 5.19. The number of ketones is 1. The first-order valence-corrected chi connectivity index (χ1v) is 6.88. The molecule has 1 atom stereocenters. The fourth-order valence-electron chi connectivity index (χ4n) is 2.82. The molecule has 1 heterocycles. The number of pyridine rings is 1. The minimum atomic E-state index is 0.0695. The Labute approximate surface area is 118 Å². The Morgan fingerprint density at radius 2 is 2.25 bits per heavy atom. The lowest BCUT2D eigenvalue weighted by Gasteiger charge is -2.23. The van der Waals surface area contributed by atoms with Crippen LogP contribution in [0.3, 0.4) is 0 Å². The molecule has 0 fully saturated rings. The molecule has 3 heteroatoms. The first-order valence-electron chi connectivity index (χ1n) is 6.88. The van der Waals surface area contributed by atoms with Crippen LogP contribution >= 0.6 is 0 Å². The zero-order valence-electron chi connectivity index (χ0n) is 11.5.